The largest absolute Gasteiger partial charge is 0.462 e. The molecule has 186 valence electrons. The number of carbonyl (C=O) groups excluding carboxylic acids is 1. The first-order chi connectivity index (χ1) is 16.7. The van der Waals surface area contributed by atoms with Gasteiger partial charge in [0.15, 0.2) is 0 Å². The zero-order valence-corrected chi connectivity index (χ0v) is 20.7. The van der Waals surface area contributed by atoms with Gasteiger partial charge in [0.1, 0.15) is 11.9 Å². The minimum Gasteiger partial charge on any atom is -0.462 e. The molecule has 3 aliphatic rings. The molecule has 0 bridgehead atoms. The fourth-order valence-corrected chi connectivity index (χ4v) is 7.40. The van der Waals surface area contributed by atoms with Crippen molar-refractivity contribution < 1.29 is 22.3 Å². The van der Waals surface area contributed by atoms with Gasteiger partial charge in [0.25, 0.3) is 0 Å². The number of allylic oxidation sites excluding steroid dienone is 1. The van der Waals surface area contributed by atoms with Crippen molar-refractivity contribution in [3.63, 3.8) is 0 Å². The van der Waals surface area contributed by atoms with Crippen LogP contribution < -0.4 is 4.72 Å². The van der Waals surface area contributed by atoms with E-state index in [1.54, 1.807) is 12.3 Å². The first-order valence-electron chi connectivity index (χ1n) is 12.3. The van der Waals surface area contributed by atoms with E-state index < -0.39 is 10.0 Å². The highest BCUT2D eigenvalue weighted by Crippen LogP contribution is 2.53. The van der Waals surface area contributed by atoms with Crippen LogP contribution in [0.25, 0.3) is 17.2 Å². The fraction of sp³-hybridized carbons (Fsp3) is 0.481. The van der Waals surface area contributed by atoms with Crippen LogP contribution in [0, 0.1) is 35.4 Å². The smallest absolute Gasteiger partial charge is 0.309 e. The molecule has 3 fully saturated rings. The van der Waals surface area contributed by atoms with Gasteiger partial charge in [0.05, 0.1) is 17.9 Å². The first kappa shape index (κ1) is 24.1. The second-order valence-corrected chi connectivity index (χ2v) is 12.1. The van der Waals surface area contributed by atoms with Gasteiger partial charge in [-0.25, -0.2) is 17.5 Å². The molecule has 0 radical (unpaired) electrons. The van der Waals surface area contributed by atoms with Crippen molar-refractivity contribution in [2.75, 3.05) is 6.26 Å². The number of nitrogens with zero attached hydrogens (tertiary/aromatic N) is 1. The highest BCUT2D eigenvalue weighted by atomic mass is 32.2. The molecule has 1 aromatic carbocycles. The van der Waals surface area contributed by atoms with Gasteiger partial charge in [-0.3, -0.25) is 9.78 Å². The van der Waals surface area contributed by atoms with E-state index in [2.05, 4.69) is 15.8 Å². The Bertz CT molecular complexity index is 1230. The van der Waals surface area contributed by atoms with E-state index in [9.17, 15) is 17.6 Å². The summed E-state index contributed by atoms with van der Waals surface area (Å²) in [6.45, 7) is 1.98. The summed E-state index contributed by atoms with van der Waals surface area (Å²) in [6.07, 6.45) is 10.2. The van der Waals surface area contributed by atoms with Gasteiger partial charge < -0.3 is 4.74 Å². The van der Waals surface area contributed by atoms with Crippen LogP contribution in [0.1, 0.15) is 38.3 Å². The Kier molecular flexibility index (Phi) is 6.53. The number of carbonyl (C=O) groups is 1. The molecule has 7 atom stereocenters. The second kappa shape index (κ2) is 9.47. The van der Waals surface area contributed by atoms with E-state index in [0.717, 1.165) is 42.5 Å². The molecule has 2 saturated carbocycles. The summed E-state index contributed by atoms with van der Waals surface area (Å²) in [7, 11) is -3.27. The summed E-state index contributed by atoms with van der Waals surface area (Å²) in [6, 6.07) is 10.2. The number of hydrogen-bond donors (Lipinski definition) is 1. The van der Waals surface area contributed by atoms with Crippen molar-refractivity contribution in [2.24, 2.45) is 29.6 Å². The van der Waals surface area contributed by atoms with Crippen LogP contribution in [-0.2, 0) is 19.6 Å². The Morgan fingerprint density at radius 2 is 1.97 bits per heavy atom. The Morgan fingerprint density at radius 3 is 2.69 bits per heavy atom. The van der Waals surface area contributed by atoms with Gasteiger partial charge in [0, 0.05) is 23.7 Å². The van der Waals surface area contributed by atoms with Gasteiger partial charge in [-0.15, -0.1) is 0 Å². The molecular weight excluding hydrogens is 467 g/mol. The maximum absolute atomic E-state index is 13.6. The number of hydrogen-bond acceptors (Lipinski definition) is 5. The predicted octanol–water partition coefficient (Wildman–Crippen LogP) is 4.43. The number of ether oxygens (including phenoxy) is 1. The summed E-state index contributed by atoms with van der Waals surface area (Å²) in [5.74, 6) is 0.344. The van der Waals surface area contributed by atoms with Crippen LogP contribution in [0.2, 0.25) is 0 Å². The van der Waals surface area contributed by atoms with Crippen molar-refractivity contribution >= 4 is 22.1 Å². The van der Waals surface area contributed by atoms with Gasteiger partial charge >= 0.3 is 5.97 Å². The molecule has 2 aromatic rings. The van der Waals surface area contributed by atoms with E-state index in [4.69, 9.17) is 4.74 Å². The number of nitrogens with one attached hydrogen (secondary N) is 1. The quantitative estimate of drug-likeness (QED) is 0.617. The minimum absolute atomic E-state index is 0.0840. The van der Waals surface area contributed by atoms with Gasteiger partial charge in [-0.1, -0.05) is 24.3 Å². The molecule has 1 aliphatic heterocycles. The maximum Gasteiger partial charge on any atom is 0.309 e. The molecule has 1 saturated heterocycles. The molecular formula is C27H31FN2O4S. The van der Waals surface area contributed by atoms with Crippen LogP contribution >= 0.6 is 0 Å². The van der Waals surface area contributed by atoms with Gasteiger partial charge in [-0.2, -0.15) is 0 Å². The fourth-order valence-electron chi connectivity index (χ4n) is 6.58. The molecule has 8 heteroatoms. The van der Waals surface area contributed by atoms with Crippen molar-refractivity contribution in [1.29, 1.82) is 0 Å². The standard InChI is InChI=1S/C27H31FN2O4S/c1-16-26-24(11-8-21-7-6-18(15-29-21)17-4-3-5-20(28)12-17)23-10-9-22(30-35(2,32)33)13-19(23)14-25(26)27(31)34-16/h3-8,11-12,15-16,19,22-26,30H,9-10,13-14H2,1-2H3/b11-8+/t16-,19+,22-,23-,24?,25-,26+/m1/s1. The lowest BCUT2D eigenvalue weighted by molar-refractivity contribution is -0.144. The number of halogens is 1. The van der Waals surface area contributed by atoms with Crippen LogP contribution in [0.3, 0.4) is 0 Å². The van der Waals surface area contributed by atoms with Crippen LogP contribution in [-0.4, -0.2) is 37.8 Å². The van der Waals surface area contributed by atoms with E-state index in [1.807, 2.05) is 31.2 Å². The number of benzene rings is 1. The lowest BCUT2D eigenvalue weighted by atomic mass is 9.57. The van der Waals surface area contributed by atoms with Crippen molar-refractivity contribution in [3.8, 4) is 11.1 Å². The number of esters is 1. The maximum atomic E-state index is 13.6. The van der Waals surface area contributed by atoms with Crippen molar-refractivity contribution in [1.82, 2.24) is 9.71 Å². The zero-order chi connectivity index (χ0) is 24.7. The average molecular weight is 499 g/mol. The Labute approximate surface area is 206 Å². The number of sulfonamides is 1. The van der Waals surface area contributed by atoms with E-state index in [-0.39, 0.29) is 47.6 Å². The highest BCUT2D eigenvalue weighted by Gasteiger charge is 2.54. The lowest BCUT2D eigenvalue weighted by Gasteiger charge is -2.47. The normalized spacial score (nSPS) is 32.8. The molecule has 2 heterocycles. The molecule has 1 unspecified atom stereocenters. The summed E-state index contributed by atoms with van der Waals surface area (Å²) in [5, 5.41) is 0. The van der Waals surface area contributed by atoms with Crippen LogP contribution in [0.4, 0.5) is 4.39 Å². The third kappa shape index (κ3) is 5.19. The zero-order valence-electron chi connectivity index (χ0n) is 19.9. The molecule has 1 N–H and O–H groups in total. The number of aromatic nitrogens is 1. The molecule has 5 rings (SSSR count). The molecule has 1 aromatic heterocycles. The molecule has 0 spiro atoms. The second-order valence-electron chi connectivity index (χ2n) is 10.3. The summed E-state index contributed by atoms with van der Waals surface area (Å²) in [4.78, 5) is 17.2. The predicted molar refractivity (Wildman–Crippen MR) is 132 cm³/mol. The van der Waals surface area contributed by atoms with Gasteiger partial charge in [0.2, 0.25) is 10.0 Å². The molecule has 0 amide bonds. The third-order valence-corrected chi connectivity index (χ3v) is 8.72. The SMILES string of the molecule is C[C@H]1OC(=O)[C@@H]2C[C@@H]3C[C@H](NS(C)(=O)=O)CC[C@H]3C(/C=C/c3ccc(-c4cccc(F)c4)cn3)[C@H]12. The Morgan fingerprint density at radius 1 is 1.14 bits per heavy atom. The Balaban J connectivity index is 1.37. The monoisotopic (exact) mass is 498 g/mol. The van der Waals surface area contributed by atoms with Crippen molar-refractivity contribution in [2.45, 2.75) is 44.8 Å². The number of cyclic esters (lactones) is 1. The average Bonchev–Trinajstić information content (AvgIpc) is 3.09. The van der Waals surface area contributed by atoms with E-state index in [1.165, 1.54) is 18.4 Å². The summed E-state index contributed by atoms with van der Waals surface area (Å²) < 4.78 is 45.5. The molecule has 6 nitrogen and oxygen atoms in total. The number of fused-ring (bicyclic) bond motifs is 2. The molecule has 35 heavy (non-hydrogen) atoms. The lowest BCUT2D eigenvalue weighted by Crippen LogP contribution is -2.48. The summed E-state index contributed by atoms with van der Waals surface area (Å²) in [5.41, 5.74) is 2.43. The van der Waals surface area contributed by atoms with E-state index >= 15 is 0 Å². The molecule has 2 aliphatic carbocycles. The van der Waals surface area contributed by atoms with Crippen molar-refractivity contribution in [3.05, 3.63) is 60.2 Å². The van der Waals surface area contributed by atoms with Crippen LogP contribution in [0.5, 0.6) is 0 Å². The van der Waals surface area contributed by atoms with Crippen LogP contribution in [0.15, 0.2) is 48.7 Å². The highest BCUT2D eigenvalue weighted by molar-refractivity contribution is 7.88. The minimum atomic E-state index is -3.27. The third-order valence-electron chi connectivity index (χ3n) is 7.96. The summed E-state index contributed by atoms with van der Waals surface area (Å²) >= 11 is 0. The Hall–Kier alpha value is -2.58. The van der Waals surface area contributed by atoms with Gasteiger partial charge in [-0.05, 0) is 80.2 Å². The topological polar surface area (TPSA) is 85.4 Å². The number of pyridine rings is 1. The number of rotatable bonds is 5. The first-order valence-corrected chi connectivity index (χ1v) is 14.1. The van der Waals surface area contributed by atoms with E-state index in [0.29, 0.717) is 5.92 Å².